The van der Waals surface area contributed by atoms with Gasteiger partial charge in [0.15, 0.2) is 0 Å². The summed E-state index contributed by atoms with van der Waals surface area (Å²) < 4.78 is 8.78. The average Bonchev–Trinajstić information content (AvgIpc) is 3.30. The maximum atomic E-state index is 12.1. The third kappa shape index (κ3) is 3.81. The van der Waals surface area contributed by atoms with Crippen molar-refractivity contribution in [1.29, 1.82) is 0 Å². The predicted octanol–water partition coefficient (Wildman–Crippen LogP) is 1.90. The number of hydrogen-bond donors (Lipinski definition) is 1. The van der Waals surface area contributed by atoms with Crippen molar-refractivity contribution in [2.75, 3.05) is 13.7 Å². The fourth-order valence-corrected chi connectivity index (χ4v) is 2.30. The van der Waals surface area contributed by atoms with E-state index < -0.39 is 0 Å². The van der Waals surface area contributed by atoms with Crippen LogP contribution in [0.5, 0.6) is 5.75 Å². The zero-order valence-electron chi connectivity index (χ0n) is 13.4. The van der Waals surface area contributed by atoms with Gasteiger partial charge in [0.1, 0.15) is 17.8 Å². The van der Waals surface area contributed by atoms with Crippen LogP contribution in [0, 0.1) is 0 Å². The van der Waals surface area contributed by atoms with Crippen LogP contribution in [0.15, 0.2) is 55.2 Å². The van der Waals surface area contributed by atoms with Gasteiger partial charge in [0.2, 0.25) is 0 Å². The highest BCUT2D eigenvalue weighted by molar-refractivity contribution is 5.92. The Bertz CT molecular complexity index is 778. The van der Waals surface area contributed by atoms with Crippen LogP contribution in [0.25, 0.3) is 5.69 Å². The second kappa shape index (κ2) is 7.45. The standard InChI is InChI=1S/C17H19N5O2/c1-24-15-6-4-14(5-7-15)21-12-16(19-13-21)17(23)18-8-2-10-22-11-3-9-20-22/h3-7,9,11-13H,2,8,10H2,1H3,(H,18,23). The Balaban J connectivity index is 1.53. The number of aryl methyl sites for hydroxylation is 1. The van der Waals surface area contributed by atoms with Crippen LogP contribution in [0.3, 0.4) is 0 Å². The molecule has 7 nitrogen and oxygen atoms in total. The van der Waals surface area contributed by atoms with E-state index in [9.17, 15) is 4.79 Å². The Morgan fingerprint density at radius 2 is 2.12 bits per heavy atom. The van der Waals surface area contributed by atoms with E-state index in [0.717, 1.165) is 24.4 Å². The Morgan fingerprint density at radius 3 is 2.83 bits per heavy atom. The number of carbonyl (C=O) groups excluding carboxylic acids is 1. The summed E-state index contributed by atoms with van der Waals surface area (Å²) in [5.74, 6) is 0.608. The maximum Gasteiger partial charge on any atom is 0.271 e. The van der Waals surface area contributed by atoms with E-state index in [-0.39, 0.29) is 5.91 Å². The molecular weight excluding hydrogens is 306 g/mol. The number of aromatic nitrogens is 4. The topological polar surface area (TPSA) is 74.0 Å². The quantitative estimate of drug-likeness (QED) is 0.673. The van der Waals surface area contributed by atoms with Gasteiger partial charge in [-0.3, -0.25) is 9.48 Å². The van der Waals surface area contributed by atoms with E-state index >= 15 is 0 Å². The molecule has 3 rings (SSSR count). The van der Waals surface area contributed by atoms with E-state index in [0.29, 0.717) is 12.2 Å². The van der Waals surface area contributed by atoms with Crippen LogP contribution >= 0.6 is 0 Å². The van der Waals surface area contributed by atoms with Crippen LogP contribution in [-0.2, 0) is 6.54 Å². The largest absolute Gasteiger partial charge is 0.497 e. The van der Waals surface area contributed by atoms with Gasteiger partial charge >= 0.3 is 0 Å². The second-order valence-electron chi connectivity index (χ2n) is 5.24. The number of imidazole rings is 1. The van der Waals surface area contributed by atoms with Crippen molar-refractivity contribution in [3.05, 3.63) is 60.9 Å². The van der Waals surface area contributed by atoms with Gasteiger partial charge in [-0.1, -0.05) is 0 Å². The molecule has 0 atom stereocenters. The molecule has 24 heavy (non-hydrogen) atoms. The average molecular weight is 325 g/mol. The number of rotatable bonds is 7. The van der Waals surface area contributed by atoms with Gasteiger partial charge in [-0.15, -0.1) is 0 Å². The number of nitrogens with one attached hydrogen (secondary N) is 1. The first kappa shape index (κ1) is 15.8. The molecule has 0 spiro atoms. The highest BCUT2D eigenvalue weighted by Crippen LogP contribution is 2.15. The first-order valence-electron chi connectivity index (χ1n) is 7.70. The van der Waals surface area contributed by atoms with E-state index in [1.807, 2.05) is 41.2 Å². The molecule has 1 aromatic carbocycles. The first-order chi connectivity index (χ1) is 11.8. The summed E-state index contributed by atoms with van der Waals surface area (Å²) >= 11 is 0. The number of benzene rings is 1. The minimum absolute atomic E-state index is 0.178. The molecule has 0 unspecified atom stereocenters. The molecule has 3 aromatic rings. The van der Waals surface area contributed by atoms with E-state index in [1.54, 1.807) is 30.4 Å². The monoisotopic (exact) mass is 325 g/mol. The molecule has 0 radical (unpaired) electrons. The molecule has 0 aliphatic carbocycles. The predicted molar refractivity (Wildman–Crippen MR) is 89.3 cm³/mol. The van der Waals surface area contributed by atoms with E-state index in [4.69, 9.17) is 4.74 Å². The van der Waals surface area contributed by atoms with Crippen LogP contribution in [0.1, 0.15) is 16.9 Å². The summed E-state index contributed by atoms with van der Waals surface area (Å²) in [6.45, 7) is 1.35. The van der Waals surface area contributed by atoms with Crippen molar-refractivity contribution in [1.82, 2.24) is 24.6 Å². The molecule has 0 saturated heterocycles. The highest BCUT2D eigenvalue weighted by Gasteiger charge is 2.09. The summed E-state index contributed by atoms with van der Waals surface area (Å²) in [6.07, 6.45) is 7.79. The molecule has 0 bridgehead atoms. The third-order valence-corrected chi connectivity index (χ3v) is 3.59. The summed E-state index contributed by atoms with van der Waals surface area (Å²) in [5.41, 5.74) is 1.31. The fourth-order valence-electron chi connectivity index (χ4n) is 2.30. The minimum atomic E-state index is -0.178. The number of hydrogen-bond acceptors (Lipinski definition) is 4. The summed E-state index contributed by atoms with van der Waals surface area (Å²) in [4.78, 5) is 16.3. The molecular formula is C17H19N5O2. The Kier molecular flexibility index (Phi) is 4.90. The number of amides is 1. The summed E-state index contributed by atoms with van der Waals surface area (Å²) in [5, 5.41) is 6.99. The van der Waals surface area contributed by atoms with E-state index in [2.05, 4.69) is 15.4 Å². The molecule has 2 heterocycles. The van der Waals surface area contributed by atoms with Gasteiger partial charge in [-0.25, -0.2) is 4.98 Å². The molecule has 0 aliphatic heterocycles. The van der Waals surface area contributed by atoms with Gasteiger partial charge in [-0.05, 0) is 36.8 Å². The molecule has 0 fully saturated rings. The normalized spacial score (nSPS) is 10.5. The van der Waals surface area contributed by atoms with Crippen molar-refractivity contribution < 1.29 is 9.53 Å². The number of ether oxygens (including phenoxy) is 1. The lowest BCUT2D eigenvalue weighted by Crippen LogP contribution is -2.25. The molecule has 1 N–H and O–H groups in total. The van der Waals surface area contributed by atoms with Crippen LogP contribution in [0.4, 0.5) is 0 Å². The van der Waals surface area contributed by atoms with Crippen LogP contribution < -0.4 is 10.1 Å². The summed E-state index contributed by atoms with van der Waals surface area (Å²) in [7, 11) is 1.63. The van der Waals surface area contributed by atoms with Gasteiger partial charge in [0.05, 0.1) is 7.11 Å². The second-order valence-corrected chi connectivity index (χ2v) is 5.24. The molecule has 7 heteroatoms. The Labute approximate surface area is 139 Å². The fraction of sp³-hybridized carbons (Fsp3) is 0.235. The van der Waals surface area contributed by atoms with Gasteiger partial charge < -0.3 is 14.6 Å². The zero-order valence-corrected chi connectivity index (χ0v) is 13.4. The number of nitrogens with zero attached hydrogens (tertiary/aromatic N) is 4. The van der Waals surface area contributed by atoms with Crippen molar-refractivity contribution in [2.45, 2.75) is 13.0 Å². The van der Waals surface area contributed by atoms with Crippen molar-refractivity contribution in [3.63, 3.8) is 0 Å². The van der Waals surface area contributed by atoms with Gasteiger partial charge in [0.25, 0.3) is 5.91 Å². The maximum absolute atomic E-state index is 12.1. The number of methoxy groups -OCH3 is 1. The van der Waals surface area contributed by atoms with Crippen molar-refractivity contribution in [2.24, 2.45) is 0 Å². The number of carbonyl (C=O) groups is 1. The minimum Gasteiger partial charge on any atom is -0.497 e. The van der Waals surface area contributed by atoms with Crippen molar-refractivity contribution >= 4 is 5.91 Å². The molecule has 0 aliphatic rings. The lowest BCUT2D eigenvalue weighted by atomic mass is 10.3. The molecule has 124 valence electrons. The Hall–Kier alpha value is -3.09. The van der Waals surface area contributed by atoms with Gasteiger partial charge in [0, 0.05) is 37.4 Å². The van der Waals surface area contributed by atoms with Gasteiger partial charge in [-0.2, -0.15) is 5.10 Å². The summed E-state index contributed by atoms with van der Waals surface area (Å²) in [6, 6.07) is 9.43. The third-order valence-electron chi connectivity index (χ3n) is 3.59. The zero-order chi connectivity index (χ0) is 16.8. The molecule has 1 amide bonds. The van der Waals surface area contributed by atoms with Crippen molar-refractivity contribution in [3.8, 4) is 11.4 Å². The van der Waals surface area contributed by atoms with Crippen LogP contribution in [-0.4, -0.2) is 38.9 Å². The Morgan fingerprint density at radius 1 is 1.29 bits per heavy atom. The lowest BCUT2D eigenvalue weighted by Gasteiger charge is -2.04. The van der Waals surface area contributed by atoms with Crippen LogP contribution in [0.2, 0.25) is 0 Å². The first-order valence-corrected chi connectivity index (χ1v) is 7.70. The SMILES string of the molecule is COc1ccc(-n2cnc(C(=O)NCCCn3cccn3)c2)cc1. The molecule has 0 saturated carbocycles. The molecule has 2 aromatic heterocycles. The smallest absolute Gasteiger partial charge is 0.271 e. The highest BCUT2D eigenvalue weighted by atomic mass is 16.5. The van der Waals surface area contributed by atoms with E-state index in [1.165, 1.54) is 0 Å². The lowest BCUT2D eigenvalue weighted by molar-refractivity contribution is 0.0948.